The van der Waals surface area contributed by atoms with E-state index in [1.54, 1.807) is 6.20 Å². The van der Waals surface area contributed by atoms with Gasteiger partial charge < -0.3 is 10.2 Å². The highest BCUT2D eigenvalue weighted by molar-refractivity contribution is 5.75. The van der Waals surface area contributed by atoms with Crippen LogP contribution in [-0.4, -0.2) is 33.3 Å². The number of urea groups is 1. The number of hydrogen-bond acceptors (Lipinski definition) is 2. The SMILES string of the molecule is C[C@@H](NC(=O)N1C[C@H]2CC[C@H]1C2)c1cccc(-n2cccn2)c1. The van der Waals surface area contributed by atoms with E-state index in [-0.39, 0.29) is 12.1 Å². The third-order valence-electron chi connectivity index (χ3n) is 5.15. The van der Waals surface area contributed by atoms with Crippen molar-refractivity contribution >= 4 is 6.03 Å². The van der Waals surface area contributed by atoms with Crippen molar-refractivity contribution in [3.05, 3.63) is 48.3 Å². The van der Waals surface area contributed by atoms with Crippen LogP contribution in [0.2, 0.25) is 0 Å². The predicted molar refractivity (Wildman–Crippen MR) is 88.3 cm³/mol. The average Bonchev–Trinajstić information content (AvgIpc) is 3.32. The Kier molecular flexibility index (Phi) is 3.56. The van der Waals surface area contributed by atoms with E-state index in [0.717, 1.165) is 23.7 Å². The number of nitrogens with zero attached hydrogens (tertiary/aromatic N) is 3. The molecule has 4 rings (SSSR count). The van der Waals surface area contributed by atoms with Crippen LogP contribution in [0.1, 0.15) is 37.8 Å². The summed E-state index contributed by atoms with van der Waals surface area (Å²) in [4.78, 5) is 14.6. The van der Waals surface area contributed by atoms with Crippen molar-refractivity contribution in [3.63, 3.8) is 0 Å². The first kappa shape index (κ1) is 14.3. The number of benzene rings is 1. The van der Waals surface area contributed by atoms with Crippen LogP contribution in [0.5, 0.6) is 0 Å². The van der Waals surface area contributed by atoms with Crippen LogP contribution in [0.3, 0.4) is 0 Å². The molecule has 1 aliphatic carbocycles. The Morgan fingerprint density at radius 1 is 1.35 bits per heavy atom. The van der Waals surface area contributed by atoms with E-state index in [2.05, 4.69) is 16.5 Å². The lowest BCUT2D eigenvalue weighted by atomic mass is 10.1. The molecule has 0 radical (unpaired) electrons. The highest BCUT2D eigenvalue weighted by atomic mass is 16.2. The van der Waals surface area contributed by atoms with Gasteiger partial charge in [-0.2, -0.15) is 5.10 Å². The number of piperidine rings is 1. The minimum atomic E-state index is -0.0165. The number of nitrogens with one attached hydrogen (secondary N) is 1. The van der Waals surface area contributed by atoms with Gasteiger partial charge in [-0.05, 0) is 55.9 Å². The Morgan fingerprint density at radius 2 is 2.26 bits per heavy atom. The molecular weight excluding hydrogens is 288 g/mol. The highest BCUT2D eigenvalue weighted by Crippen LogP contribution is 2.37. The molecule has 2 amide bonds. The first-order valence-electron chi connectivity index (χ1n) is 8.38. The van der Waals surface area contributed by atoms with Crippen molar-refractivity contribution in [1.82, 2.24) is 20.0 Å². The number of fused-ring (bicyclic) bond motifs is 2. The van der Waals surface area contributed by atoms with Crippen molar-refractivity contribution in [2.24, 2.45) is 5.92 Å². The van der Waals surface area contributed by atoms with Crippen molar-refractivity contribution < 1.29 is 4.79 Å². The van der Waals surface area contributed by atoms with Crippen LogP contribution in [0, 0.1) is 5.92 Å². The second-order valence-electron chi connectivity index (χ2n) is 6.70. The van der Waals surface area contributed by atoms with Gasteiger partial charge in [-0.15, -0.1) is 0 Å². The smallest absolute Gasteiger partial charge is 0.318 e. The second kappa shape index (κ2) is 5.72. The van der Waals surface area contributed by atoms with Crippen LogP contribution in [0.25, 0.3) is 5.69 Å². The molecule has 1 aromatic heterocycles. The minimum Gasteiger partial charge on any atom is -0.331 e. The fraction of sp³-hybridized carbons (Fsp3) is 0.444. The number of amides is 2. The lowest BCUT2D eigenvalue weighted by Crippen LogP contribution is -2.45. The molecule has 5 heteroatoms. The summed E-state index contributed by atoms with van der Waals surface area (Å²) >= 11 is 0. The zero-order valence-electron chi connectivity index (χ0n) is 13.4. The lowest BCUT2D eigenvalue weighted by molar-refractivity contribution is 0.178. The molecule has 1 N–H and O–H groups in total. The molecule has 2 aliphatic rings. The number of carbonyl (C=O) groups excluding carboxylic acids is 1. The first-order chi connectivity index (χ1) is 11.2. The van der Waals surface area contributed by atoms with Crippen LogP contribution in [0.15, 0.2) is 42.7 Å². The Morgan fingerprint density at radius 3 is 2.96 bits per heavy atom. The monoisotopic (exact) mass is 310 g/mol. The van der Waals surface area contributed by atoms with Crippen molar-refractivity contribution in [2.45, 2.75) is 38.3 Å². The summed E-state index contributed by atoms with van der Waals surface area (Å²) in [7, 11) is 0. The molecule has 1 aromatic carbocycles. The van der Waals surface area contributed by atoms with Gasteiger partial charge in [0.1, 0.15) is 0 Å². The Labute approximate surface area is 136 Å². The molecular formula is C18H22N4O. The molecule has 3 atom stereocenters. The topological polar surface area (TPSA) is 50.2 Å². The van der Waals surface area contributed by atoms with Crippen LogP contribution >= 0.6 is 0 Å². The summed E-state index contributed by atoms with van der Waals surface area (Å²) in [6.45, 7) is 2.96. The van der Waals surface area contributed by atoms with Crippen molar-refractivity contribution in [1.29, 1.82) is 0 Å². The molecule has 2 aromatic rings. The Hall–Kier alpha value is -2.30. The average molecular weight is 310 g/mol. The summed E-state index contributed by atoms with van der Waals surface area (Å²) < 4.78 is 1.83. The van der Waals surface area contributed by atoms with Crippen LogP contribution in [-0.2, 0) is 0 Å². The maximum absolute atomic E-state index is 12.5. The zero-order valence-corrected chi connectivity index (χ0v) is 13.4. The summed E-state index contributed by atoms with van der Waals surface area (Å²) in [5.74, 6) is 0.726. The molecule has 0 unspecified atom stereocenters. The fourth-order valence-corrected chi connectivity index (χ4v) is 3.88. The minimum absolute atomic E-state index is 0.0165. The van der Waals surface area contributed by atoms with E-state index in [1.807, 2.05) is 47.0 Å². The molecule has 2 heterocycles. The maximum Gasteiger partial charge on any atom is 0.318 e. The zero-order chi connectivity index (χ0) is 15.8. The summed E-state index contributed by atoms with van der Waals surface area (Å²) in [6.07, 6.45) is 7.33. The van der Waals surface area contributed by atoms with Crippen molar-refractivity contribution in [2.75, 3.05) is 6.54 Å². The Bertz CT molecular complexity index is 697. The lowest BCUT2D eigenvalue weighted by Gasteiger charge is -2.29. The van der Waals surface area contributed by atoms with Gasteiger partial charge in [-0.1, -0.05) is 12.1 Å². The molecule has 23 heavy (non-hydrogen) atoms. The van der Waals surface area contributed by atoms with Gasteiger partial charge in [0.2, 0.25) is 0 Å². The standard InChI is InChI=1S/C18H22N4O/c1-13(20-18(23)21-12-14-6-7-16(21)10-14)15-4-2-5-17(11-15)22-9-3-8-19-22/h2-5,8-9,11,13-14,16H,6-7,10,12H2,1H3,(H,20,23)/t13-,14+,16+/m1/s1. The van der Waals surface area contributed by atoms with Crippen LogP contribution < -0.4 is 5.32 Å². The number of rotatable bonds is 3. The predicted octanol–water partition coefficient (Wildman–Crippen LogP) is 3.13. The quantitative estimate of drug-likeness (QED) is 0.947. The Balaban J connectivity index is 1.46. The van der Waals surface area contributed by atoms with E-state index in [4.69, 9.17) is 0 Å². The molecule has 1 aliphatic heterocycles. The van der Waals surface area contributed by atoms with E-state index < -0.39 is 0 Å². The molecule has 1 saturated carbocycles. The van der Waals surface area contributed by atoms with Gasteiger partial charge in [-0.25, -0.2) is 9.48 Å². The highest BCUT2D eigenvalue weighted by Gasteiger charge is 2.40. The summed E-state index contributed by atoms with van der Waals surface area (Å²) in [5.41, 5.74) is 2.10. The van der Waals surface area contributed by atoms with E-state index >= 15 is 0 Å². The molecule has 0 spiro atoms. The van der Waals surface area contributed by atoms with E-state index in [0.29, 0.717) is 6.04 Å². The molecule has 2 fully saturated rings. The van der Waals surface area contributed by atoms with E-state index in [9.17, 15) is 4.79 Å². The number of carbonyl (C=O) groups is 1. The molecule has 1 saturated heterocycles. The van der Waals surface area contributed by atoms with Gasteiger partial charge in [-0.3, -0.25) is 0 Å². The molecule has 120 valence electrons. The normalized spacial score (nSPS) is 24.0. The third kappa shape index (κ3) is 2.71. The van der Waals surface area contributed by atoms with E-state index in [1.165, 1.54) is 19.3 Å². The number of hydrogen-bond donors (Lipinski definition) is 1. The molecule has 2 bridgehead atoms. The second-order valence-corrected chi connectivity index (χ2v) is 6.70. The van der Waals surface area contributed by atoms with Crippen molar-refractivity contribution in [3.8, 4) is 5.69 Å². The van der Waals surface area contributed by atoms with Gasteiger partial charge >= 0.3 is 6.03 Å². The first-order valence-corrected chi connectivity index (χ1v) is 8.38. The third-order valence-corrected chi connectivity index (χ3v) is 5.15. The van der Waals surface area contributed by atoms with Gasteiger partial charge in [0.25, 0.3) is 0 Å². The fourth-order valence-electron chi connectivity index (χ4n) is 3.88. The van der Waals surface area contributed by atoms with Gasteiger partial charge in [0.05, 0.1) is 11.7 Å². The maximum atomic E-state index is 12.5. The van der Waals surface area contributed by atoms with Gasteiger partial charge in [0.15, 0.2) is 0 Å². The number of aromatic nitrogens is 2. The largest absolute Gasteiger partial charge is 0.331 e. The van der Waals surface area contributed by atoms with Gasteiger partial charge in [0, 0.05) is 25.0 Å². The summed E-state index contributed by atoms with van der Waals surface area (Å²) in [5, 5.41) is 7.41. The summed E-state index contributed by atoms with van der Waals surface area (Å²) in [6, 6.07) is 10.6. The molecule has 5 nitrogen and oxygen atoms in total. The van der Waals surface area contributed by atoms with Crippen LogP contribution in [0.4, 0.5) is 4.79 Å². The number of likely N-dealkylation sites (tertiary alicyclic amines) is 1.